The molecule has 0 aliphatic rings. The van der Waals surface area contributed by atoms with Crippen LogP contribution >= 0.6 is 0 Å². The number of carboxylic acid groups (broad SMARTS) is 1. The Balaban J connectivity index is 3.06. The Kier molecular flexibility index (Phi) is 4.95. The molecule has 0 aliphatic carbocycles. The number of nitrogens with zero attached hydrogens (tertiary/aromatic N) is 2. The number of nitrogens with two attached hydrogens (primary N) is 1. The molecule has 3 N–H and O–H groups in total. The van der Waals surface area contributed by atoms with Gasteiger partial charge in [0.05, 0.1) is 11.3 Å². The van der Waals surface area contributed by atoms with E-state index in [2.05, 4.69) is 18.8 Å². The lowest BCUT2D eigenvalue weighted by atomic mass is 10.1. The van der Waals surface area contributed by atoms with E-state index >= 15 is 0 Å². The van der Waals surface area contributed by atoms with E-state index in [9.17, 15) is 4.79 Å². The lowest BCUT2D eigenvalue weighted by Crippen LogP contribution is -2.30. The van der Waals surface area contributed by atoms with Crippen molar-refractivity contribution in [2.45, 2.75) is 27.2 Å². The number of aromatic carboxylic acids is 1. The SMILES string of the molecule is CCC(C)CN(CC)c1nccc(C(=O)O)c1N. The molecule has 0 bridgehead atoms. The van der Waals surface area contributed by atoms with Crippen molar-refractivity contribution in [2.75, 3.05) is 23.7 Å². The number of hydrogen-bond acceptors (Lipinski definition) is 4. The van der Waals surface area contributed by atoms with Gasteiger partial charge in [0.15, 0.2) is 5.82 Å². The number of carboxylic acids is 1. The van der Waals surface area contributed by atoms with E-state index in [0.717, 1.165) is 19.5 Å². The Morgan fingerprint density at radius 2 is 2.22 bits per heavy atom. The number of hydrogen-bond donors (Lipinski definition) is 2. The first kappa shape index (κ1) is 14.3. The molecule has 0 saturated heterocycles. The first-order valence-corrected chi connectivity index (χ1v) is 6.23. The summed E-state index contributed by atoms with van der Waals surface area (Å²) in [7, 11) is 0. The van der Waals surface area contributed by atoms with Crippen molar-refractivity contribution in [1.29, 1.82) is 0 Å². The van der Waals surface area contributed by atoms with Crippen LogP contribution in [0.15, 0.2) is 12.3 Å². The standard InChI is InChI=1S/C13H21N3O2/c1-4-9(3)8-16(5-2)12-11(14)10(13(17)18)6-7-15-12/h6-7,9H,4-5,8,14H2,1-3H3,(H,17,18). The number of rotatable bonds is 6. The van der Waals surface area contributed by atoms with Gasteiger partial charge in [-0.05, 0) is 18.9 Å². The Morgan fingerprint density at radius 1 is 1.56 bits per heavy atom. The van der Waals surface area contributed by atoms with Crippen molar-refractivity contribution in [3.63, 3.8) is 0 Å². The summed E-state index contributed by atoms with van der Waals surface area (Å²) in [5, 5.41) is 9.05. The molecule has 18 heavy (non-hydrogen) atoms. The van der Waals surface area contributed by atoms with E-state index in [-0.39, 0.29) is 11.3 Å². The summed E-state index contributed by atoms with van der Waals surface area (Å²) in [4.78, 5) is 17.3. The Hall–Kier alpha value is -1.78. The van der Waals surface area contributed by atoms with E-state index in [0.29, 0.717) is 11.7 Å². The molecule has 5 nitrogen and oxygen atoms in total. The molecule has 0 aromatic carbocycles. The zero-order valence-corrected chi connectivity index (χ0v) is 11.2. The van der Waals surface area contributed by atoms with E-state index in [1.807, 2.05) is 11.8 Å². The second kappa shape index (κ2) is 6.23. The average Bonchev–Trinajstić information content (AvgIpc) is 2.35. The first-order chi connectivity index (χ1) is 8.51. The molecular weight excluding hydrogens is 230 g/mol. The molecule has 0 aliphatic heterocycles. The van der Waals surface area contributed by atoms with Crippen molar-refractivity contribution < 1.29 is 9.90 Å². The van der Waals surface area contributed by atoms with Crippen LogP contribution < -0.4 is 10.6 Å². The van der Waals surface area contributed by atoms with Crippen LogP contribution in [0.2, 0.25) is 0 Å². The number of pyridine rings is 1. The van der Waals surface area contributed by atoms with Crippen LogP contribution in [0.3, 0.4) is 0 Å². The summed E-state index contributed by atoms with van der Waals surface area (Å²) in [6, 6.07) is 1.43. The molecule has 1 aromatic rings. The van der Waals surface area contributed by atoms with Crippen LogP contribution in [0.5, 0.6) is 0 Å². The van der Waals surface area contributed by atoms with E-state index in [4.69, 9.17) is 10.8 Å². The van der Waals surface area contributed by atoms with Gasteiger partial charge in [0.25, 0.3) is 0 Å². The molecule has 0 fully saturated rings. The summed E-state index contributed by atoms with van der Waals surface area (Å²) in [6.07, 6.45) is 2.56. The van der Waals surface area contributed by atoms with Crippen LogP contribution in [0.1, 0.15) is 37.6 Å². The highest BCUT2D eigenvalue weighted by Gasteiger charge is 2.17. The number of carbonyl (C=O) groups is 1. The molecule has 0 spiro atoms. The summed E-state index contributed by atoms with van der Waals surface area (Å²) in [6.45, 7) is 7.87. The fourth-order valence-electron chi connectivity index (χ4n) is 1.77. The van der Waals surface area contributed by atoms with Gasteiger partial charge in [0.1, 0.15) is 0 Å². The zero-order valence-electron chi connectivity index (χ0n) is 11.2. The van der Waals surface area contributed by atoms with Crippen LogP contribution in [-0.2, 0) is 0 Å². The fourth-order valence-corrected chi connectivity index (χ4v) is 1.77. The highest BCUT2D eigenvalue weighted by molar-refractivity contribution is 5.96. The molecule has 1 rings (SSSR count). The molecule has 0 radical (unpaired) electrons. The number of nitrogen functional groups attached to an aromatic ring is 1. The Bertz CT molecular complexity index is 421. The van der Waals surface area contributed by atoms with Crippen molar-refractivity contribution >= 4 is 17.5 Å². The van der Waals surface area contributed by atoms with Gasteiger partial charge in [-0.15, -0.1) is 0 Å². The second-order valence-corrected chi connectivity index (χ2v) is 4.45. The Morgan fingerprint density at radius 3 is 2.72 bits per heavy atom. The maximum Gasteiger partial charge on any atom is 0.337 e. The van der Waals surface area contributed by atoms with Gasteiger partial charge in [-0.2, -0.15) is 0 Å². The third kappa shape index (κ3) is 3.12. The first-order valence-electron chi connectivity index (χ1n) is 6.23. The summed E-state index contributed by atoms with van der Waals surface area (Å²) in [5.41, 5.74) is 6.25. The van der Waals surface area contributed by atoms with E-state index < -0.39 is 5.97 Å². The van der Waals surface area contributed by atoms with Crippen molar-refractivity contribution in [2.24, 2.45) is 5.92 Å². The number of anilines is 2. The van der Waals surface area contributed by atoms with Gasteiger partial charge < -0.3 is 15.7 Å². The van der Waals surface area contributed by atoms with Gasteiger partial charge >= 0.3 is 5.97 Å². The van der Waals surface area contributed by atoms with E-state index in [1.165, 1.54) is 12.3 Å². The maximum absolute atomic E-state index is 11.0. The van der Waals surface area contributed by atoms with Crippen LogP contribution in [0.4, 0.5) is 11.5 Å². The predicted octanol–water partition coefficient (Wildman–Crippen LogP) is 2.23. The maximum atomic E-state index is 11.0. The molecule has 5 heteroatoms. The summed E-state index contributed by atoms with van der Waals surface area (Å²) >= 11 is 0. The lowest BCUT2D eigenvalue weighted by Gasteiger charge is -2.26. The minimum atomic E-state index is -1.02. The second-order valence-electron chi connectivity index (χ2n) is 4.45. The highest BCUT2D eigenvalue weighted by Crippen LogP contribution is 2.24. The van der Waals surface area contributed by atoms with Crippen LogP contribution in [0, 0.1) is 5.92 Å². The van der Waals surface area contributed by atoms with Gasteiger partial charge in [0.2, 0.25) is 0 Å². The lowest BCUT2D eigenvalue weighted by molar-refractivity contribution is 0.0698. The normalized spacial score (nSPS) is 12.2. The molecule has 0 saturated carbocycles. The monoisotopic (exact) mass is 251 g/mol. The minimum absolute atomic E-state index is 0.114. The van der Waals surface area contributed by atoms with Crippen molar-refractivity contribution in [3.8, 4) is 0 Å². The summed E-state index contributed by atoms with van der Waals surface area (Å²) < 4.78 is 0. The largest absolute Gasteiger partial charge is 0.478 e. The Labute approximate surface area is 108 Å². The quantitative estimate of drug-likeness (QED) is 0.810. The van der Waals surface area contributed by atoms with E-state index in [1.54, 1.807) is 0 Å². The van der Waals surface area contributed by atoms with Crippen LogP contribution in [0.25, 0.3) is 0 Å². The minimum Gasteiger partial charge on any atom is -0.478 e. The summed E-state index contributed by atoms with van der Waals surface area (Å²) in [5.74, 6) is 0.0630. The van der Waals surface area contributed by atoms with Gasteiger partial charge in [-0.1, -0.05) is 20.3 Å². The zero-order chi connectivity index (χ0) is 13.7. The van der Waals surface area contributed by atoms with Crippen molar-refractivity contribution in [3.05, 3.63) is 17.8 Å². The third-order valence-electron chi connectivity index (χ3n) is 3.11. The molecule has 100 valence electrons. The molecule has 1 unspecified atom stereocenters. The molecule has 0 amide bonds. The fraction of sp³-hybridized carbons (Fsp3) is 0.538. The van der Waals surface area contributed by atoms with Gasteiger partial charge in [0, 0.05) is 19.3 Å². The molecule has 1 heterocycles. The van der Waals surface area contributed by atoms with Crippen molar-refractivity contribution in [1.82, 2.24) is 4.98 Å². The highest BCUT2D eigenvalue weighted by atomic mass is 16.4. The average molecular weight is 251 g/mol. The van der Waals surface area contributed by atoms with Gasteiger partial charge in [-0.25, -0.2) is 9.78 Å². The molecular formula is C13H21N3O2. The molecule has 1 atom stereocenters. The predicted molar refractivity (Wildman–Crippen MR) is 73.0 cm³/mol. The topological polar surface area (TPSA) is 79.5 Å². The smallest absolute Gasteiger partial charge is 0.337 e. The van der Waals surface area contributed by atoms with Gasteiger partial charge in [-0.3, -0.25) is 0 Å². The van der Waals surface area contributed by atoms with Crippen LogP contribution in [-0.4, -0.2) is 29.1 Å². The molecule has 1 aromatic heterocycles. The number of aromatic nitrogens is 1. The third-order valence-corrected chi connectivity index (χ3v) is 3.11.